The maximum atomic E-state index is 14.5. The normalized spacial score (nSPS) is 18.4. The van der Waals surface area contributed by atoms with Crippen molar-refractivity contribution in [3.05, 3.63) is 60.2 Å². The molecule has 1 aliphatic rings. The predicted molar refractivity (Wildman–Crippen MR) is 130 cm³/mol. The molecule has 0 aliphatic heterocycles. The van der Waals surface area contributed by atoms with Crippen molar-refractivity contribution in [2.75, 3.05) is 11.1 Å². The van der Waals surface area contributed by atoms with E-state index in [1.54, 1.807) is 30.6 Å². The highest BCUT2D eigenvalue weighted by Gasteiger charge is 2.19. The summed E-state index contributed by atoms with van der Waals surface area (Å²) >= 11 is 0. The van der Waals surface area contributed by atoms with Crippen LogP contribution in [-0.2, 0) is 15.6 Å². The lowest BCUT2D eigenvalue weighted by atomic mass is 9.87. The van der Waals surface area contributed by atoms with Crippen LogP contribution in [0.2, 0.25) is 0 Å². The van der Waals surface area contributed by atoms with Crippen molar-refractivity contribution in [3.8, 4) is 22.9 Å². The molecule has 2 heterocycles. The van der Waals surface area contributed by atoms with Crippen LogP contribution in [0.3, 0.4) is 0 Å². The maximum Gasteiger partial charge on any atom is 0.228 e. The molecule has 1 saturated carbocycles. The Hall–Kier alpha value is -3.07. The van der Waals surface area contributed by atoms with Crippen molar-refractivity contribution in [2.24, 2.45) is 5.92 Å². The van der Waals surface area contributed by atoms with E-state index in [4.69, 9.17) is 4.74 Å². The number of sulfone groups is 1. The van der Waals surface area contributed by atoms with Gasteiger partial charge in [0.1, 0.15) is 11.6 Å². The van der Waals surface area contributed by atoms with Crippen LogP contribution >= 0.6 is 0 Å². The highest BCUT2D eigenvalue weighted by molar-refractivity contribution is 7.90. The summed E-state index contributed by atoms with van der Waals surface area (Å²) in [4.78, 5) is 13.3. The summed E-state index contributed by atoms with van der Waals surface area (Å²) in [5.41, 5.74) is 1.39. The van der Waals surface area contributed by atoms with Crippen LogP contribution in [0.4, 0.5) is 10.3 Å². The van der Waals surface area contributed by atoms with Gasteiger partial charge < -0.3 is 10.1 Å². The molecular weight excluding hydrogens is 455 g/mol. The Morgan fingerprint density at radius 3 is 2.62 bits per heavy atom. The summed E-state index contributed by atoms with van der Waals surface area (Å²) in [6, 6.07) is 9.88. The lowest BCUT2D eigenvalue weighted by Crippen LogP contribution is -2.26. The van der Waals surface area contributed by atoms with E-state index in [0.717, 1.165) is 18.8 Å². The van der Waals surface area contributed by atoms with E-state index in [0.29, 0.717) is 23.2 Å². The van der Waals surface area contributed by atoms with E-state index in [1.807, 2.05) is 6.07 Å². The Morgan fingerprint density at radius 1 is 1.09 bits per heavy atom. The average Bonchev–Trinajstić information content (AvgIpc) is 2.83. The Balaban J connectivity index is 1.53. The van der Waals surface area contributed by atoms with Gasteiger partial charge >= 0.3 is 0 Å². The van der Waals surface area contributed by atoms with Crippen molar-refractivity contribution in [2.45, 2.75) is 51.3 Å². The monoisotopic (exact) mass is 484 g/mol. The molecule has 180 valence electrons. The summed E-state index contributed by atoms with van der Waals surface area (Å²) in [6.07, 6.45) is 7.85. The van der Waals surface area contributed by atoms with Gasteiger partial charge in [0.25, 0.3) is 0 Å². The molecule has 4 rings (SSSR count). The van der Waals surface area contributed by atoms with E-state index in [2.05, 4.69) is 27.2 Å². The quantitative estimate of drug-likeness (QED) is 0.458. The average molecular weight is 485 g/mol. The lowest BCUT2D eigenvalue weighted by Gasteiger charge is -2.26. The number of hydrogen-bond acceptors (Lipinski definition) is 7. The number of rotatable bonds is 8. The largest absolute Gasteiger partial charge is 0.438 e. The van der Waals surface area contributed by atoms with E-state index >= 15 is 0 Å². The summed E-state index contributed by atoms with van der Waals surface area (Å²) in [6.45, 7) is 3.82. The molecule has 0 bridgehead atoms. The van der Waals surface area contributed by atoms with Crippen molar-refractivity contribution in [1.29, 1.82) is 0 Å². The molecule has 2 aromatic heterocycles. The van der Waals surface area contributed by atoms with Gasteiger partial charge in [-0.1, -0.05) is 19.9 Å². The van der Waals surface area contributed by atoms with Gasteiger partial charge in [0.15, 0.2) is 9.84 Å². The highest BCUT2D eigenvalue weighted by atomic mass is 32.2. The van der Waals surface area contributed by atoms with Gasteiger partial charge in [-0.3, -0.25) is 0 Å². The fourth-order valence-corrected chi connectivity index (χ4v) is 4.90. The standard InChI is InChI=1S/C25H29FN4O3S/c1-3-34(31,32)16-18-8-11-20(15-22(18)26)33-24-21(5-4-13-27-24)23-12-14-28-25(30-23)29-19-9-6-17(2)7-10-19/h4-5,8,11-15,17,19H,3,6-7,9-10,16H2,1-2H3,(H,28,29,30). The van der Waals surface area contributed by atoms with Crippen LogP contribution in [0, 0.1) is 11.7 Å². The van der Waals surface area contributed by atoms with Gasteiger partial charge in [-0.2, -0.15) is 0 Å². The molecule has 3 aromatic rings. The predicted octanol–water partition coefficient (Wildman–Crippen LogP) is 5.40. The first-order chi connectivity index (χ1) is 16.3. The Labute approximate surface area is 199 Å². The van der Waals surface area contributed by atoms with Crippen molar-refractivity contribution in [3.63, 3.8) is 0 Å². The number of benzene rings is 1. The van der Waals surface area contributed by atoms with E-state index < -0.39 is 15.7 Å². The molecule has 1 aliphatic carbocycles. The molecule has 0 amide bonds. The lowest BCUT2D eigenvalue weighted by molar-refractivity contribution is 0.360. The van der Waals surface area contributed by atoms with Crippen LogP contribution in [0.1, 0.15) is 45.1 Å². The minimum atomic E-state index is -3.34. The number of halogens is 1. The summed E-state index contributed by atoms with van der Waals surface area (Å²) in [7, 11) is -3.34. The fraction of sp³-hybridized carbons (Fsp3) is 0.400. The second-order valence-electron chi connectivity index (χ2n) is 8.75. The minimum absolute atomic E-state index is 0.0440. The zero-order valence-electron chi connectivity index (χ0n) is 19.4. The number of hydrogen-bond donors (Lipinski definition) is 1. The molecule has 9 heteroatoms. The number of ether oxygens (including phenoxy) is 1. The molecule has 0 unspecified atom stereocenters. The number of aromatic nitrogens is 3. The number of pyridine rings is 1. The maximum absolute atomic E-state index is 14.5. The third-order valence-electron chi connectivity index (χ3n) is 6.11. The Morgan fingerprint density at radius 2 is 1.88 bits per heavy atom. The first-order valence-corrected chi connectivity index (χ1v) is 13.4. The van der Waals surface area contributed by atoms with Gasteiger partial charge in [0, 0.05) is 35.8 Å². The van der Waals surface area contributed by atoms with Crippen molar-refractivity contribution in [1.82, 2.24) is 15.0 Å². The zero-order chi connectivity index (χ0) is 24.1. The molecule has 1 N–H and O–H groups in total. The summed E-state index contributed by atoms with van der Waals surface area (Å²) in [5, 5.41) is 3.44. The summed E-state index contributed by atoms with van der Waals surface area (Å²) < 4.78 is 44.1. The van der Waals surface area contributed by atoms with Crippen LogP contribution in [0.25, 0.3) is 11.3 Å². The SMILES string of the molecule is CCS(=O)(=O)Cc1ccc(Oc2ncccc2-c2ccnc(NC3CCC(C)CC3)n2)cc1F. The Kier molecular flexibility index (Phi) is 7.41. The van der Waals surface area contributed by atoms with Gasteiger partial charge in [0.2, 0.25) is 11.8 Å². The molecule has 1 aromatic carbocycles. The van der Waals surface area contributed by atoms with Gasteiger partial charge in [0.05, 0.1) is 17.0 Å². The van der Waals surface area contributed by atoms with Crippen LogP contribution in [-0.4, -0.2) is 35.2 Å². The van der Waals surface area contributed by atoms with E-state index in [9.17, 15) is 12.8 Å². The molecule has 34 heavy (non-hydrogen) atoms. The summed E-state index contributed by atoms with van der Waals surface area (Å²) in [5.74, 6) is 0.779. The highest BCUT2D eigenvalue weighted by Crippen LogP contribution is 2.32. The molecule has 0 saturated heterocycles. The van der Waals surface area contributed by atoms with Crippen molar-refractivity contribution >= 4 is 15.8 Å². The molecule has 1 fully saturated rings. The molecular formula is C25H29FN4O3S. The van der Waals surface area contributed by atoms with Gasteiger partial charge in [-0.15, -0.1) is 0 Å². The van der Waals surface area contributed by atoms with E-state index in [1.165, 1.54) is 31.9 Å². The fourth-order valence-electron chi connectivity index (χ4n) is 3.99. The van der Waals surface area contributed by atoms with Gasteiger partial charge in [-0.25, -0.2) is 27.8 Å². The number of nitrogens with zero attached hydrogens (tertiary/aromatic N) is 3. The molecule has 0 radical (unpaired) electrons. The smallest absolute Gasteiger partial charge is 0.228 e. The first-order valence-electron chi connectivity index (χ1n) is 11.5. The van der Waals surface area contributed by atoms with Gasteiger partial charge in [-0.05, 0) is 55.9 Å². The number of anilines is 1. The zero-order valence-corrected chi connectivity index (χ0v) is 20.2. The third kappa shape index (κ3) is 6.08. The van der Waals surface area contributed by atoms with Crippen molar-refractivity contribution < 1.29 is 17.5 Å². The molecule has 7 nitrogen and oxygen atoms in total. The van der Waals surface area contributed by atoms with Crippen LogP contribution in [0.15, 0.2) is 48.8 Å². The minimum Gasteiger partial charge on any atom is -0.438 e. The second kappa shape index (κ2) is 10.5. The number of nitrogens with one attached hydrogen (secondary N) is 1. The first kappa shape index (κ1) is 24.1. The third-order valence-corrected chi connectivity index (χ3v) is 7.74. The van der Waals surface area contributed by atoms with E-state index in [-0.39, 0.29) is 28.7 Å². The van der Waals surface area contributed by atoms with Crippen LogP contribution < -0.4 is 10.1 Å². The molecule has 0 atom stereocenters. The van der Waals surface area contributed by atoms with Crippen LogP contribution in [0.5, 0.6) is 11.6 Å². The second-order valence-corrected chi connectivity index (χ2v) is 11.1. The Bertz CT molecular complexity index is 1240. The topological polar surface area (TPSA) is 94.1 Å². The molecule has 0 spiro atoms.